The van der Waals surface area contributed by atoms with Crippen LogP contribution in [0, 0.1) is 0 Å². The maximum atomic E-state index is 3.97. The van der Waals surface area contributed by atoms with Gasteiger partial charge in [-0.2, -0.15) is 11.8 Å². The highest BCUT2D eigenvalue weighted by Crippen LogP contribution is 2.04. The molecule has 1 nitrogen and oxygen atoms in total. The summed E-state index contributed by atoms with van der Waals surface area (Å²) in [5.74, 6) is 2.44. The fourth-order valence-corrected chi connectivity index (χ4v) is 1.55. The largest absolute Gasteiger partial charge is 0.265 e. The Morgan fingerprint density at radius 1 is 1.36 bits per heavy atom. The number of pyridine rings is 1. The quantitative estimate of drug-likeness (QED) is 0.639. The van der Waals surface area contributed by atoms with E-state index in [2.05, 4.69) is 24.0 Å². The first kappa shape index (κ1) is 8.60. The molecule has 1 rings (SSSR count). The van der Waals surface area contributed by atoms with Crippen molar-refractivity contribution in [2.45, 2.75) is 13.3 Å². The highest BCUT2D eigenvalue weighted by Gasteiger charge is 1.89. The number of hydrogen-bond acceptors (Lipinski definition) is 2. The van der Waals surface area contributed by atoms with Crippen molar-refractivity contribution in [2.24, 2.45) is 0 Å². The zero-order chi connectivity index (χ0) is 7.94. The zero-order valence-electron chi connectivity index (χ0n) is 6.79. The zero-order valence-corrected chi connectivity index (χ0v) is 7.60. The van der Waals surface area contributed by atoms with Gasteiger partial charge in [-0.05, 0) is 35.6 Å². The molecule has 11 heavy (non-hydrogen) atoms. The molecule has 0 N–H and O–H groups in total. The lowest BCUT2D eigenvalue weighted by molar-refractivity contribution is 1.13. The van der Waals surface area contributed by atoms with Crippen LogP contribution in [0.4, 0.5) is 0 Å². The molecule has 2 heteroatoms. The van der Waals surface area contributed by atoms with Crippen LogP contribution in [0.15, 0.2) is 24.5 Å². The lowest BCUT2D eigenvalue weighted by Crippen LogP contribution is -1.88. The molecule has 0 bridgehead atoms. The predicted molar refractivity (Wildman–Crippen MR) is 50.9 cm³/mol. The van der Waals surface area contributed by atoms with Crippen molar-refractivity contribution < 1.29 is 0 Å². The molecule has 0 aromatic carbocycles. The van der Waals surface area contributed by atoms with Crippen LogP contribution >= 0.6 is 11.8 Å². The van der Waals surface area contributed by atoms with Crippen LogP contribution in [0.3, 0.4) is 0 Å². The van der Waals surface area contributed by atoms with Crippen LogP contribution in [0.5, 0.6) is 0 Å². The van der Waals surface area contributed by atoms with Gasteiger partial charge in [-0.15, -0.1) is 0 Å². The number of aromatic nitrogens is 1. The van der Waals surface area contributed by atoms with Crippen LogP contribution in [-0.2, 0) is 6.42 Å². The Hall–Kier alpha value is -0.500. The Kier molecular flexibility index (Phi) is 4.06. The molecule has 0 aliphatic carbocycles. The number of aryl methyl sites for hydroxylation is 1. The minimum Gasteiger partial charge on any atom is -0.265 e. The van der Waals surface area contributed by atoms with Crippen LogP contribution in [0.1, 0.15) is 12.5 Å². The van der Waals surface area contributed by atoms with Gasteiger partial charge in [0.1, 0.15) is 0 Å². The molecule has 0 aliphatic rings. The van der Waals surface area contributed by atoms with E-state index < -0.39 is 0 Å². The Bertz CT molecular complexity index is 186. The molecule has 1 aromatic heterocycles. The van der Waals surface area contributed by atoms with Crippen molar-refractivity contribution in [3.05, 3.63) is 30.1 Å². The number of hydrogen-bond donors (Lipinski definition) is 0. The fourth-order valence-electron chi connectivity index (χ4n) is 0.884. The van der Waals surface area contributed by atoms with Gasteiger partial charge in [-0.25, -0.2) is 0 Å². The average molecular weight is 167 g/mol. The Labute approximate surface area is 72.2 Å². The van der Waals surface area contributed by atoms with Crippen LogP contribution in [0.2, 0.25) is 0 Å². The molecule has 0 spiro atoms. The maximum Gasteiger partial charge on any atom is 0.0270 e. The van der Waals surface area contributed by atoms with Crippen molar-refractivity contribution in [1.82, 2.24) is 4.98 Å². The van der Waals surface area contributed by atoms with Crippen LogP contribution in [0.25, 0.3) is 0 Å². The first-order valence-electron chi connectivity index (χ1n) is 3.90. The predicted octanol–water partition coefficient (Wildman–Crippen LogP) is 2.38. The maximum absolute atomic E-state index is 3.97. The molecule has 0 unspecified atom stereocenters. The van der Waals surface area contributed by atoms with Gasteiger partial charge in [0.25, 0.3) is 0 Å². The van der Waals surface area contributed by atoms with Crippen molar-refractivity contribution in [3.8, 4) is 0 Å². The van der Waals surface area contributed by atoms with Gasteiger partial charge in [0, 0.05) is 12.4 Å². The molecule has 60 valence electrons. The number of nitrogens with zero attached hydrogens (tertiary/aromatic N) is 1. The molecule has 1 heterocycles. The molecule has 0 atom stereocenters. The van der Waals surface area contributed by atoms with Crippen molar-refractivity contribution in [1.29, 1.82) is 0 Å². The van der Waals surface area contributed by atoms with E-state index in [0.29, 0.717) is 0 Å². The van der Waals surface area contributed by atoms with E-state index in [4.69, 9.17) is 0 Å². The SMILES string of the molecule is CCSCCc1ccncc1. The summed E-state index contributed by atoms with van der Waals surface area (Å²) < 4.78 is 0. The molecule has 0 aliphatic heterocycles. The third kappa shape index (κ3) is 3.42. The second kappa shape index (κ2) is 5.19. The monoisotopic (exact) mass is 167 g/mol. The molecule has 0 fully saturated rings. The van der Waals surface area contributed by atoms with Crippen molar-refractivity contribution in [2.75, 3.05) is 11.5 Å². The molecule has 1 aromatic rings. The van der Waals surface area contributed by atoms with Gasteiger partial charge in [0.2, 0.25) is 0 Å². The molecule has 0 saturated heterocycles. The summed E-state index contributed by atoms with van der Waals surface area (Å²) in [7, 11) is 0. The fraction of sp³-hybridized carbons (Fsp3) is 0.444. The standard InChI is InChI=1S/C9H13NS/c1-2-11-8-5-9-3-6-10-7-4-9/h3-4,6-7H,2,5,8H2,1H3. The van der Waals surface area contributed by atoms with Gasteiger partial charge >= 0.3 is 0 Å². The Balaban J connectivity index is 2.28. The lowest BCUT2D eigenvalue weighted by atomic mass is 10.2. The summed E-state index contributed by atoms with van der Waals surface area (Å²) in [4.78, 5) is 3.97. The van der Waals surface area contributed by atoms with Gasteiger partial charge in [-0.3, -0.25) is 4.98 Å². The van der Waals surface area contributed by atoms with Gasteiger partial charge in [-0.1, -0.05) is 6.92 Å². The first-order valence-corrected chi connectivity index (χ1v) is 5.05. The van der Waals surface area contributed by atoms with E-state index >= 15 is 0 Å². The number of thioether (sulfide) groups is 1. The summed E-state index contributed by atoms with van der Waals surface area (Å²) in [5, 5.41) is 0. The van der Waals surface area contributed by atoms with E-state index in [1.807, 2.05) is 24.2 Å². The van der Waals surface area contributed by atoms with Crippen molar-refractivity contribution in [3.63, 3.8) is 0 Å². The number of rotatable bonds is 4. The third-order valence-corrected chi connectivity index (χ3v) is 2.39. The van der Waals surface area contributed by atoms with E-state index in [1.54, 1.807) is 0 Å². The summed E-state index contributed by atoms with van der Waals surface area (Å²) in [6.07, 6.45) is 4.87. The molecule has 0 radical (unpaired) electrons. The van der Waals surface area contributed by atoms with Gasteiger partial charge in [0.15, 0.2) is 0 Å². The third-order valence-electron chi connectivity index (χ3n) is 1.49. The van der Waals surface area contributed by atoms with E-state index in [-0.39, 0.29) is 0 Å². The normalized spacial score (nSPS) is 9.91. The van der Waals surface area contributed by atoms with E-state index in [9.17, 15) is 0 Å². The minimum atomic E-state index is 1.17. The van der Waals surface area contributed by atoms with E-state index in [1.165, 1.54) is 23.5 Å². The second-order valence-corrected chi connectivity index (χ2v) is 3.70. The summed E-state index contributed by atoms with van der Waals surface area (Å²) >= 11 is 1.98. The minimum absolute atomic E-state index is 1.17. The molecule has 0 saturated carbocycles. The topological polar surface area (TPSA) is 12.9 Å². The molecular weight excluding hydrogens is 154 g/mol. The van der Waals surface area contributed by atoms with Gasteiger partial charge < -0.3 is 0 Å². The van der Waals surface area contributed by atoms with Crippen LogP contribution < -0.4 is 0 Å². The van der Waals surface area contributed by atoms with Crippen molar-refractivity contribution >= 4 is 11.8 Å². The summed E-state index contributed by atoms with van der Waals surface area (Å²) in [5.41, 5.74) is 1.39. The van der Waals surface area contributed by atoms with E-state index in [0.717, 1.165) is 0 Å². The second-order valence-electron chi connectivity index (χ2n) is 2.30. The Morgan fingerprint density at radius 3 is 2.73 bits per heavy atom. The summed E-state index contributed by atoms with van der Waals surface area (Å²) in [6.45, 7) is 2.19. The van der Waals surface area contributed by atoms with Crippen LogP contribution in [-0.4, -0.2) is 16.5 Å². The molecular formula is C9H13NS. The van der Waals surface area contributed by atoms with Gasteiger partial charge in [0.05, 0.1) is 0 Å². The lowest BCUT2D eigenvalue weighted by Gasteiger charge is -1.97. The molecule has 0 amide bonds. The Morgan fingerprint density at radius 2 is 2.09 bits per heavy atom. The smallest absolute Gasteiger partial charge is 0.0270 e. The highest BCUT2D eigenvalue weighted by atomic mass is 32.2. The first-order chi connectivity index (χ1) is 5.43. The summed E-state index contributed by atoms with van der Waals surface area (Å²) in [6, 6.07) is 4.16. The average Bonchev–Trinajstić information content (AvgIpc) is 2.07. The highest BCUT2D eigenvalue weighted by molar-refractivity contribution is 7.99.